The fourth-order valence-corrected chi connectivity index (χ4v) is 5.88. The number of benzene rings is 3. The van der Waals surface area contributed by atoms with Crippen molar-refractivity contribution in [2.45, 2.75) is 37.1 Å². The van der Waals surface area contributed by atoms with E-state index in [0.717, 1.165) is 52.8 Å². The number of ether oxygens (including phenoxy) is 1. The van der Waals surface area contributed by atoms with Gasteiger partial charge in [0.1, 0.15) is 17.7 Å². The quantitative estimate of drug-likeness (QED) is 0.293. The first-order chi connectivity index (χ1) is 21.1. The number of sulfonamides is 1. The summed E-state index contributed by atoms with van der Waals surface area (Å²) in [6, 6.07) is 11.1. The molecule has 1 aliphatic rings. The molecule has 0 aliphatic carbocycles. The smallest absolute Gasteiger partial charge is 0.416 e. The Morgan fingerprint density at radius 1 is 1.07 bits per heavy atom. The Morgan fingerprint density at radius 3 is 2.27 bits per heavy atom. The van der Waals surface area contributed by atoms with Gasteiger partial charge in [0.25, 0.3) is 5.91 Å². The molecule has 0 bridgehead atoms. The molecule has 0 fully saturated rings. The van der Waals surface area contributed by atoms with E-state index in [1.54, 1.807) is 13.8 Å². The largest absolute Gasteiger partial charge is 0.488 e. The van der Waals surface area contributed by atoms with Crippen LogP contribution in [0.2, 0.25) is 0 Å². The van der Waals surface area contributed by atoms with Crippen LogP contribution in [-0.4, -0.2) is 73.6 Å². The number of rotatable bonds is 8. The molecule has 0 spiro atoms. The molecule has 0 radical (unpaired) electrons. The van der Waals surface area contributed by atoms with E-state index in [1.807, 2.05) is 0 Å². The van der Waals surface area contributed by atoms with Gasteiger partial charge in [0.2, 0.25) is 10.0 Å². The lowest BCUT2D eigenvalue weighted by Crippen LogP contribution is -2.50. The fourth-order valence-electron chi connectivity index (χ4n) is 4.69. The third kappa shape index (κ3) is 7.90. The van der Waals surface area contributed by atoms with Gasteiger partial charge in [0, 0.05) is 30.9 Å². The second-order valence-corrected chi connectivity index (χ2v) is 12.8. The Kier molecular flexibility index (Phi) is 10.0. The Bertz CT molecular complexity index is 1640. The fraction of sp³-hybridized carbons (Fsp3) is 0.333. The van der Waals surface area contributed by atoms with Gasteiger partial charge >= 0.3 is 12.2 Å². The number of carbonyl (C=O) groups is 2. The summed E-state index contributed by atoms with van der Waals surface area (Å²) in [5.74, 6) is -1.39. The molecule has 3 atom stereocenters. The molecule has 0 saturated carbocycles. The number of fused-ring (bicyclic) bond motifs is 1. The first-order valence-electron chi connectivity index (χ1n) is 13.8. The van der Waals surface area contributed by atoms with Crippen LogP contribution >= 0.6 is 0 Å². The Labute approximate surface area is 257 Å². The number of alkyl halides is 3. The molecular weight excluding hydrogens is 620 g/mol. The minimum Gasteiger partial charge on any atom is -0.488 e. The molecule has 242 valence electrons. The summed E-state index contributed by atoms with van der Waals surface area (Å²) in [4.78, 5) is 27.6. The molecule has 1 aliphatic heterocycles. The average Bonchev–Trinajstić information content (AvgIpc) is 2.98. The van der Waals surface area contributed by atoms with E-state index in [-0.39, 0.29) is 47.3 Å². The van der Waals surface area contributed by atoms with Crippen LogP contribution in [0.4, 0.5) is 33.7 Å². The first kappa shape index (κ1) is 33.7. The van der Waals surface area contributed by atoms with Gasteiger partial charge in [-0.1, -0.05) is 6.92 Å². The Hall–Kier alpha value is -4.21. The summed E-state index contributed by atoms with van der Waals surface area (Å²) in [6.45, 7) is 3.03. The summed E-state index contributed by atoms with van der Waals surface area (Å²) in [6.07, 6.45) is -5.30. The highest BCUT2D eigenvalue weighted by molar-refractivity contribution is 7.89. The summed E-state index contributed by atoms with van der Waals surface area (Å²) < 4.78 is 85.6. The summed E-state index contributed by atoms with van der Waals surface area (Å²) >= 11 is 0. The van der Waals surface area contributed by atoms with Crippen molar-refractivity contribution in [3.05, 3.63) is 83.7 Å². The predicted molar refractivity (Wildman–Crippen MR) is 158 cm³/mol. The Morgan fingerprint density at radius 2 is 1.67 bits per heavy atom. The van der Waals surface area contributed by atoms with Crippen molar-refractivity contribution < 1.29 is 45.4 Å². The van der Waals surface area contributed by atoms with Gasteiger partial charge in [-0.2, -0.15) is 17.5 Å². The van der Waals surface area contributed by atoms with Crippen LogP contribution in [0.25, 0.3) is 0 Å². The van der Waals surface area contributed by atoms with E-state index in [9.17, 15) is 40.7 Å². The minimum absolute atomic E-state index is 0.0311. The summed E-state index contributed by atoms with van der Waals surface area (Å²) in [5.41, 5.74) is -0.579. The maximum atomic E-state index is 13.7. The number of amides is 3. The number of nitrogens with one attached hydrogen (secondary N) is 2. The lowest BCUT2D eigenvalue weighted by molar-refractivity contribution is -0.137. The van der Waals surface area contributed by atoms with E-state index in [1.165, 1.54) is 30.1 Å². The number of urea groups is 1. The first-order valence-corrected chi connectivity index (χ1v) is 15.2. The molecule has 3 aromatic carbocycles. The van der Waals surface area contributed by atoms with Crippen molar-refractivity contribution in [2.24, 2.45) is 5.92 Å². The third-order valence-electron chi connectivity index (χ3n) is 7.35. The molecule has 4 rings (SSSR count). The van der Waals surface area contributed by atoms with Crippen molar-refractivity contribution in [1.29, 1.82) is 0 Å². The van der Waals surface area contributed by atoms with Gasteiger partial charge in [-0.15, -0.1) is 0 Å². The standard InChI is InChI=1S/C30H32F4N4O6S/c1-18-15-38(19(2)17-39)28(40)25-14-23(36-29(41)35-22-8-4-20(5-9-22)30(32,33)34)10-13-26(25)44-27(18)16-37(3)45(42,43)24-11-6-21(31)7-12-24/h4-14,18-19,27,39H,15-17H2,1-3H3,(H2,35,36,41)/t18-,19+,27+/m0/s1. The zero-order valence-corrected chi connectivity index (χ0v) is 25.3. The maximum absolute atomic E-state index is 13.7. The highest BCUT2D eigenvalue weighted by Crippen LogP contribution is 2.32. The molecule has 10 nitrogen and oxygen atoms in total. The van der Waals surface area contributed by atoms with Gasteiger partial charge in [-0.25, -0.2) is 17.6 Å². The molecule has 3 aromatic rings. The number of aliphatic hydroxyl groups excluding tert-OH is 1. The molecule has 0 unspecified atom stereocenters. The van der Waals surface area contributed by atoms with Crippen molar-refractivity contribution in [1.82, 2.24) is 9.21 Å². The van der Waals surface area contributed by atoms with Gasteiger partial charge in [-0.3, -0.25) is 4.79 Å². The lowest BCUT2D eigenvalue weighted by Gasteiger charge is -2.38. The number of nitrogens with zero attached hydrogens (tertiary/aromatic N) is 2. The van der Waals surface area contributed by atoms with Gasteiger partial charge < -0.3 is 25.4 Å². The second-order valence-electron chi connectivity index (χ2n) is 10.7. The van der Waals surface area contributed by atoms with E-state index < -0.39 is 57.6 Å². The topological polar surface area (TPSA) is 128 Å². The third-order valence-corrected chi connectivity index (χ3v) is 9.19. The normalized spacial score (nSPS) is 18.0. The number of halogens is 4. The molecule has 3 amide bonds. The maximum Gasteiger partial charge on any atom is 0.416 e. The molecule has 3 N–H and O–H groups in total. The van der Waals surface area contributed by atoms with Crippen molar-refractivity contribution in [3.63, 3.8) is 0 Å². The SMILES string of the molecule is C[C@H](CO)N1C[C@H](C)[C@@H](CN(C)S(=O)(=O)c2ccc(F)cc2)Oc2ccc(NC(=O)Nc3ccc(C(F)(F)F)cc3)cc2C1=O. The molecule has 45 heavy (non-hydrogen) atoms. The zero-order valence-electron chi connectivity index (χ0n) is 24.5. The molecule has 0 aromatic heterocycles. The molecular formula is C30H32F4N4O6S. The predicted octanol–water partition coefficient (Wildman–Crippen LogP) is 5.03. The molecule has 0 saturated heterocycles. The van der Waals surface area contributed by atoms with Crippen LogP contribution in [0.15, 0.2) is 71.6 Å². The zero-order chi connectivity index (χ0) is 33.1. The van der Waals surface area contributed by atoms with Crippen LogP contribution in [0.5, 0.6) is 5.75 Å². The van der Waals surface area contributed by atoms with Crippen molar-refractivity contribution >= 4 is 33.3 Å². The minimum atomic E-state index is -4.53. The number of hydrogen-bond donors (Lipinski definition) is 3. The number of anilines is 2. The number of likely N-dealkylation sites (N-methyl/N-ethyl adjacent to an activating group) is 1. The van der Waals surface area contributed by atoms with Gasteiger partial charge in [0.15, 0.2) is 0 Å². The number of carbonyl (C=O) groups excluding carboxylic acids is 2. The molecule has 15 heteroatoms. The van der Waals surface area contributed by atoms with E-state index in [4.69, 9.17) is 4.74 Å². The van der Waals surface area contributed by atoms with E-state index in [2.05, 4.69) is 10.6 Å². The van der Waals surface area contributed by atoms with E-state index in [0.29, 0.717) is 0 Å². The van der Waals surface area contributed by atoms with Crippen molar-refractivity contribution in [3.8, 4) is 5.75 Å². The van der Waals surface area contributed by atoms with Crippen LogP contribution in [-0.2, 0) is 16.2 Å². The van der Waals surface area contributed by atoms with E-state index >= 15 is 0 Å². The average molecular weight is 653 g/mol. The molecule has 1 heterocycles. The highest BCUT2D eigenvalue weighted by atomic mass is 32.2. The van der Waals surface area contributed by atoms with Gasteiger partial charge in [0.05, 0.1) is 35.2 Å². The monoisotopic (exact) mass is 652 g/mol. The lowest BCUT2D eigenvalue weighted by atomic mass is 9.99. The number of hydrogen-bond acceptors (Lipinski definition) is 6. The van der Waals surface area contributed by atoms with Crippen LogP contribution < -0.4 is 15.4 Å². The highest BCUT2D eigenvalue weighted by Gasteiger charge is 2.35. The second kappa shape index (κ2) is 13.4. The van der Waals surface area contributed by atoms with Crippen LogP contribution in [0.1, 0.15) is 29.8 Å². The number of aliphatic hydroxyl groups is 1. The Balaban J connectivity index is 1.58. The summed E-state index contributed by atoms with van der Waals surface area (Å²) in [7, 11) is -2.66. The summed E-state index contributed by atoms with van der Waals surface area (Å²) in [5, 5.41) is 14.8. The van der Waals surface area contributed by atoms with Crippen molar-refractivity contribution in [2.75, 3.05) is 37.4 Å². The van der Waals surface area contributed by atoms with Gasteiger partial charge in [-0.05, 0) is 73.7 Å². The van der Waals surface area contributed by atoms with Crippen LogP contribution in [0.3, 0.4) is 0 Å². The van der Waals surface area contributed by atoms with Crippen LogP contribution in [0, 0.1) is 11.7 Å².